The zero-order valence-corrected chi connectivity index (χ0v) is 11.7. The molecule has 0 bridgehead atoms. The fourth-order valence-electron chi connectivity index (χ4n) is 2.31. The third kappa shape index (κ3) is 3.23. The molecule has 0 saturated carbocycles. The lowest BCUT2D eigenvalue weighted by Gasteiger charge is -2.22. The SMILES string of the molecule is CN(CC1CCNC1)c1ccc(S(C)(=O)=O)cc1. The largest absolute Gasteiger partial charge is 0.374 e. The van der Waals surface area contributed by atoms with Gasteiger partial charge in [0.25, 0.3) is 0 Å². The van der Waals surface area contributed by atoms with Gasteiger partial charge in [0, 0.05) is 25.5 Å². The van der Waals surface area contributed by atoms with E-state index in [0.29, 0.717) is 10.8 Å². The predicted octanol–water partition coefficient (Wildman–Crippen LogP) is 1.14. The van der Waals surface area contributed by atoms with E-state index in [9.17, 15) is 8.42 Å². The molecule has 1 aliphatic heterocycles. The summed E-state index contributed by atoms with van der Waals surface area (Å²) in [5, 5.41) is 3.35. The van der Waals surface area contributed by atoms with Crippen LogP contribution in [-0.4, -0.2) is 41.4 Å². The van der Waals surface area contributed by atoms with Gasteiger partial charge in [-0.25, -0.2) is 8.42 Å². The number of sulfone groups is 1. The third-order valence-electron chi connectivity index (χ3n) is 3.40. The van der Waals surface area contributed by atoms with Crippen LogP contribution < -0.4 is 10.2 Å². The van der Waals surface area contributed by atoms with Crippen LogP contribution in [0.5, 0.6) is 0 Å². The van der Waals surface area contributed by atoms with E-state index in [1.54, 1.807) is 12.1 Å². The van der Waals surface area contributed by atoms with Gasteiger partial charge in [-0.05, 0) is 49.7 Å². The normalized spacial score (nSPS) is 20.0. The van der Waals surface area contributed by atoms with Crippen LogP contribution in [0.3, 0.4) is 0 Å². The second kappa shape index (κ2) is 5.28. The molecule has 1 saturated heterocycles. The van der Waals surface area contributed by atoms with Crippen molar-refractivity contribution in [3.05, 3.63) is 24.3 Å². The van der Waals surface area contributed by atoms with Crippen molar-refractivity contribution in [3.8, 4) is 0 Å². The summed E-state index contributed by atoms with van der Waals surface area (Å²) in [6.07, 6.45) is 2.45. The van der Waals surface area contributed by atoms with Gasteiger partial charge < -0.3 is 10.2 Å². The molecule has 0 amide bonds. The van der Waals surface area contributed by atoms with E-state index in [4.69, 9.17) is 0 Å². The Labute approximate surface area is 109 Å². The Morgan fingerprint density at radius 1 is 1.33 bits per heavy atom. The van der Waals surface area contributed by atoms with Crippen molar-refractivity contribution in [1.82, 2.24) is 5.32 Å². The maximum Gasteiger partial charge on any atom is 0.175 e. The van der Waals surface area contributed by atoms with Crippen LogP contribution >= 0.6 is 0 Å². The Morgan fingerprint density at radius 3 is 2.50 bits per heavy atom. The minimum absolute atomic E-state index is 0.377. The molecular formula is C13H20N2O2S. The minimum atomic E-state index is -3.10. The zero-order valence-electron chi connectivity index (χ0n) is 10.9. The Bertz CT molecular complexity index is 490. The highest BCUT2D eigenvalue weighted by Crippen LogP contribution is 2.19. The van der Waals surface area contributed by atoms with Gasteiger partial charge in [0.05, 0.1) is 4.90 Å². The fourth-order valence-corrected chi connectivity index (χ4v) is 2.94. The molecule has 18 heavy (non-hydrogen) atoms. The van der Waals surface area contributed by atoms with Crippen LogP contribution in [0.1, 0.15) is 6.42 Å². The van der Waals surface area contributed by atoms with Gasteiger partial charge >= 0.3 is 0 Å². The first kappa shape index (κ1) is 13.4. The number of nitrogens with one attached hydrogen (secondary N) is 1. The van der Waals surface area contributed by atoms with Crippen LogP contribution in [0.2, 0.25) is 0 Å². The van der Waals surface area contributed by atoms with Crippen molar-refractivity contribution in [2.45, 2.75) is 11.3 Å². The maximum atomic E-state index is 11.4. The molecule has 0 radical (unpaired) electrons. The smallest absolute Gasteiger partial charge is 0.175 e. The minimum Gasteiger partial charge on any atom is -0.374 e. The molecule has 1 N–H and O–H groups in total. The summed E-state index contributed by atoms with van der Waals surface area (Å²) in [6.45, 7) is 3.18. The monoisotopic (exact) mass is 268 g/mol. The van der Waals surface area contributed by atoms with Gasteiger partial charge in [0.15, 0.2) is 9.84 Å². The quantitative estimate of drug-likeness (QED) is 0.889. The molecule has 1 aliphatic rings. The lowest BCUT2D eigenvalue weighted by molar-refractivity contribution is 0.578. The Kier molecular flexibility index (Phi) is 3.92. The highest BCUT2D eigenvalue weighted by Gasteiger charge is 2.16. The molecule has 1 atom stereocenters. The molecular weight excluding hydrogens is 248 g/mol. The van der Waals surface area contributed by atoms with Gasteiger partial charge in [0.1, 0.15) is 0 Å². The summed E-state index contributed by atoms with van der Waals surface area (Å²) >= 11 is 0. The topological polar surface area (TPSA) is 49.4 Å². The van der Waals surface area contributed by atoms with Crippen LogP contribution in [-0.2, 0) is 9.84 Å². The van der Waals surface area contributed by atoms with E-state index in [1.807, 2.05) is 19.2 Å². The number of rotatable bonds is 4. The molecule has 2 rings (SSSR count). The highest BCUT2D eigenvalue weighted by molar-refractivity contribution is 7.90. The lowest BCUT2D eigenvalue weighted by Crippen LogP contribution is -2.26. The number of hydrogen-bond donors (Lipinski definition) is 1. The van der Waals surface area contributed by atoms with Crippen LogP contribution in [0.15, 0.2) is 29.2 Å². The van der Waals surface area contributed by atoms with Crippen LogP contribution in [0.25, 0.3) is 0 Å². The van der Waals surface area contributed by atoms with E-state index in [0.717, 1.165) is 25.3 Å². The molecule has 0 aliphatic carbocycles. The van der Waals surface area contributed by atoms with E-state index in [-0.39, 0.29) is 0 Å². The van der Waals surface area contributed by atoms with Gasteiger partial charge in [-0.3, -0.25) is 0 Å². The van der Waals surface area contributed by atoms with Crippen molar-refractivity contribution in [2.75, 3.05) is 37.8 Å². The van der Waals surface area contributed by atoms with Crippen molar-refractivity contribution in [1.29, 1.82) is 0 Å². The number of hydrogen-bond acceptors (Lipinski definition) is 4. The Balaban J connectivity index is 2.04. The first-order valence-corrected chi connectivity index (χ1v) is 8.08. The molecule has 5 heteroatoms. The molecule has 1 fully saturated rings. The first-order valence-electron chi connectivity index (χ1n) is 6.19. The molecule has 100 valence electrons. The van der Waals surface area contributed by atoms with Crippen molar-refractivity contribution < 1.29 is 8.42 Å². The molecule has 4 nitrogen and oxygen atoms in total. The first-order chi connectivity index (χ1) is 8.47. The molecule has 0 spiro atoms. The van der Waals surface area contributed by atoms with Crippen molar-refractivity contribution in [2.24, 2.45) is 5.92 Å². The van der Waals surface area contributed by atoms with E-state index >= 15 is 0 Å². The Morgan fingerprint density at radius 2 is 2.00 bits per heavy atom. The second-order valence-corrected chi connectivity index (χ2v) is 7.02. The molecule has 1 aromatic rings. The summed E-state index contributed by atoms with van der Waals surface area (Å²) in [4.78, 5) is 2.56. The molecule has 0 aromatic heterocycles. The molecule has 1 heterocycles. The number of anilines is 1. The average molecular weight is 268 g/mol. The van der Waals surface area contributed by atoms with Crippen LogP contribution in [0.4, 0.5) is 5.69 Å². The predicted molar refractivity (Wildman–Crippen MR) is 73.8 cm³/mol. The molecule has 1 unspecified atom stereocenters. The van der Waals surface area contributed by atoms with E-state index < -0.39 is 9.84 Å². The third-order valence-corrected chi connectivity index (χ3v) is 4.53. The summed E-state index contributed by atoms with van der Waals surface area (Å²) in [5.41, 5.74) is 1.06. The zero-order chi connectivity index (χ0) is 13.2. The maximum absolute atomic E-state index is 11.4. The van der Waals surface area contributed by atoms with Crippen LogP contribution in [0, 0.1) is 5.92 Å². The lowest BCUT2D eigenvalue weighted by atomic mass is 10.1. The van der Waals surface area contributed by atoms with Gasteiger partial charge in [-0.2, -0.15) is 0 Å². The highest BCUT2D eigenvalue weighted by atomic mass is 32.2. The Hall–Kier alpha value is -1.07. The van der Waals surface area contributed by atoms with Gasteiger partial charge in [-0.1, -0.05) is 0 Å². The van der Waals surface area contributed by atoms with Crippen molar-refractivity contribution in [3.63, 3.8) is 0 Å². The van der Waals surface area contributed by atoms with E-state index in [1.165, 1.54) is 12.7 Å². The summed E-state index contributed by atoms with van der Waals surface area (Å²) < 4.78 is 22.7. The summed E-state index contributed by atoms with van der Waals surface area (Å²) in [6, 6.07) is 7.10. The fraction of sp³-hybridized carbons (Fsp3) is 0.538. The van der Waals surface area contributed by atoms with Gasteiger partial charge in [-0.15, -0.1) is 0 Å². The second-order valence-electron chi connectivity index (χ2n) is 5.01. The summed E-state index contributed by atoms with van der Waals surface area (Å²) in [5.74, 6) is 0.685. The standard InChI is InChI=1S/C13H20N2O2S/c1-15(10-11-7-8-14-9-11)12-3-5-13(6-4-12)18(2,16)17/h3-6,11,14H,7-10H2,1-2H3. The number of nitrogens with zero attached hydrogens (tertiary/aromatic N) is 1. The molecule has 1 aromatic carbocycles. The van der Waals surface area contributed by atoms with E-state index in [2.05, 4.69) is 10.2 Å². The average Bonchev–Trinajstić information content (AvgIpc) is 2.81. The summed E-state index contributed by atoms with van der Waals surface area (Å²) in [7, 11) is -1.05. The number of benzene rings is 1. The van der Waals surface area contributed by atoms with Crippen molar-refractivity contribution >= 4 is 15.5 Å². The van der Waals surface area contributed by atoms with Gasteiger partial charge in [0.2, 0.25) is 0 Å².